The number of carbonyl (C=O) groups excluding carboxylic acids is 2. The molecule has 2 amide bonds. The highest BCUT2D eigenvalue weighted by atomic mass is 127. The second kappa shape index (κ2) is 12.9. The summed E-state index contributed by atoms with van der Waals surface area (Å²) in [4.78, 5) is 26.5. The maximum absolute atomic E-state index is 11.8. The number of carbonyl (C=O) groups is 2. The van der Waals surface area contributed by atoms with Crippen LogP contribution in [0.4, 0.5) is 0 Å². The van der Waals surface area contributed by atoms with E-state index in [9.17, 15) is 9.59 Å². The van der Waals surface area contributed by atoms with Gasteiger partial charge in [0.05, 0.1) is 6.54 Å². The van der Waals surface area contributed by atoms with Gasteiger partial charge in [-0.25, -0.2) is 0 Å². The van der Waals surface area contributed by atoms with Gasteiger partial charge >= 0.3 is 0 Å². The molecule has 0 saturated carbocycles. The van der Waals surface area contributed by atoms with Crippen molar-refractivity contribution in [3.8, 4) is 0 Å². The molecule has 0 heterocycles. The van der Waals surface area contributed by atoms with Crippen LogP contribution < -0.4 is 21.7 Å². The Morgan fingerprint density at radius 1 is 1.17 bits per heavy atom. The van der Waals surface area contributed by atoms with Crippen molar-refractivity contribution in [3.05, 3.63) is 35.4 Å². The number of benzene rings is 1. The van der Waals surface area contributed by atoms with E-state index in [2.05, 4.69) is 27.2 Å². The Morgan fingerprint density at radius 2 is 1.83 bits per heavy atom. The topological polar surface area (TPSA) is 109 Å². The number of nitrogens with zero attached hydrogens (tertiary/aromatic N) is 1. The van der Waals surface area contributed by atoms with E-state index < -0.39 is 5.91 Å². The summed E-state index contributed by atoms with van der Waals surface area (Å²) in [6.07, 6.45) is 2.05. The molecular weight excluding hydrogens is 441 g/mol. The number of nitrogens with one attached hydrogen (secondary N) is 3. The lowest BCUT2D eigenvalue weighted by atomic mass is 10.1. The first-order valence-electron chi connectivity index (χ1n) is 7.15. The van der Waals surface area contributed by atoms with E-state index in [-0.39, 0.29) is 36.4 Å². The highest BCUT2D eigenvalue weighted by molar-refractivity contribution is 14.0. The van der Waals surface area contributed by atoms with Gasteiger partial charge in [0.2, 0.25) is 5.91 Å². The zero-order chi connectivity index (χ0) is 17.1. The minimum absolute atomic E-state index is 0. The van der Waals surface area contributed by atoms with Crippen LogP contribution in [0.15, 0.2) is 29.3 Å². The van der Waals surface area contributed by atoms with Crippen LogP contribution in [0.3, 0.4) is 0 Å². The Balaban J connectivity index is 0.00000529. The zero-order valence-electron chi connectivity index (χ0n) is 13.8. The third-order valence-corrected chi connectivity index (χ3v) is 3.53. The van der Waals surface area contributed by atoms with Crippen molar-refractivity contribution in [2.45, 2.75) is 6.54 Å². The molecular formula is C15H24IN5O2S. The van der Waals surface area contributed by atoms with E-state index in [1.807, 2.05) is 12.1 Å². The molecule has 1 aromatic rings. The second-order valence-corrected chi connectivity index (χ2v) is 5.68. The van der Waals surface area contributed by atoms with Gasteiger partial charge in [0.15, 0.2) is 5.96 Å². The highest BCUT2D eigenvalue weighted by Gasteiger charge is 2.06. The SMILES string of the molecule is CN=C(NCCSC)NCc1ccc(C(=O)NCC(N)=O)cc1.I. The quantitative estimate of drug-likeness (QED) is 0.194. The molecule has 0 atom stereocenters. The second-order valence-electron chi connectivity index (χ2n) is 4.69. The lowest BCUT2D eigenvalue weighted by Crippen LogP contribution is -2.37. The smallest absolute Gasteiger partial charge is 0.251 e. The monoisotopic (exact) mass is 465 g/mol. The Labute approximate surface area is 163 Å². The van der Waals surface area contributed by atoms with Crippen LogP contribution in [0.25, 0.3) is 0 Å². The van der Waals surface area contributed by atoms with Crippen molar-refractivity contribution in [2.24, 2.45) is 10.7 Å². The molecule has 0 spiro atoms. The molecule has 0 saturated heterocycles. The molecule has 7 nitrogen and oxygen atoms in total. The van der Waals surface area contributed by atoms with E-state index in [0.29, 0.717) is 12.1 Å². The summed E-state index contributed by atoms with van der Waals surface area (Å²) in [5, 5.41) is 8.85. The van der Waals surface area contributed by atoms with Crippen molar-refractivity contribution in [3.63, 3.8) is 0 Å². The predicted molar refractivity (Wildman–Crippen MR) is 110 cm³/mol. The summed E-state index contributed by atoms with van der Waals surface area (Å²) in [6.45, 7) is 1.28. The summed E-state index contributed by atoms with van der Waals surface area (Å²) in [5.41, 5.74) is 6.49. The lowest BCUT2D eigenvalue weighted by Gasteiger charge is -2.11. The van der Waals surface area contributed by atoms with Crippen LogP contribution in [-0.4, -0.2) is 49.9 Å². The Kier molecular flexibility index (Phi) is 12.1. The molecule has 0 aliphatic heterocycles. The van der Waals surface area contributed by atoms with Crippen LogP contribution in [-0.2, 0) is 11.3 Å². The van der Waals surface area contributed by atoms with E-state index in [1.165, 1.54) is 0 Å². The minimum atomic E-state index is -0.570. The molecule has 24 heavy (non-hydrogen) atoms. The van der Waals surface area contributed by atoms with Crippen molar-refractivity contribution >= 4 is 53.5 Å². The molecule has 0 unspecified atom stereocenters. The van der Waals surface area contributed by atoms with E-state index in [1.54, 1.807) is 30.9 Å². The summed E-state index contributed by atoms with van der Waals surface area (Å²) >= 11 is 1.77. The maximum atomic E-state index is 11.8. The molecule has 1 rings (SSSR count). The third kappa shape index (κ3) is 8.96. The summed E-state index contributed by atoms with van der Waals surface area (Å²) in [5.74, 6) is 0.857. The van der Waals surface area contributed by atoms with Gasteiger partial charge in [-0.1, -0.05) is 12.1 Å². The van der Waals surface area contributed by atoms with Gasteiger partial charge in [-0.05, 0) is 24.0 Å². The molecule has 134 valence electrons. The van der Waals surface area contributed by atoms with Crippen LogP contribution in [0.5, 0.6) is 0 Å². The maximum Gasteiger partial charge on any atom is 0.251 e. The van der Waals surface area contributed by atoms with Gasteiger partial charge in [-0.3, -0.25) is 14.6 Å². The van der Waals surface area contributed by atoms with Crippen molar-refractivity contribution < 1.29 is 9.59 Å². The fourth-order valence-corrected chi connectivity index (χ4v) is 2.03. The van der Waals surface area contributed by atoms with Crippen LogP contribution >= 0.6 is 35.7 Å². The van der Waals surface area contributed by atoms with Gasteiger partial charge < -0.3 is 21.7 Å². The van der Waals surface area contributed by atoms with Gasteiger partial charge in [-0.15, -0.1) is 24.0 Å². The molecule has 0 aliphatic rings. The Hall–Kier alpha value is -1.49. The van der Waals surface area contributed by atoms with Gasteiger partial charge in [0.1, 0.15) is 0 Å². The number of guanidine groups is 1. The molecule has 0 fully saturated rings. The summed E-state index contributed by atoms with van der Waals surface area (Å²) in [7, 11) is 1.72. The molecule has 0 radical (unpaired) electrons. The highest BCUT2D eigenvalue weighted by Crippen LogP contribution is 2.04. The van der Waals surface area contributed by atoms with Crippen LogP contribution in [0.1, 0.15) is 15.9 Å². The Morgan fingerprint density at radius 3 is 2.38 bits per heavy atom. The standard InChI is InChI=1S/C15H23N5O2S.HI/c1-17-15(18-7-8-23-2)20-9-11-3-5-12(6-4-11)14(22)19-10-13(16)21;/h3-6H,7-10H2,1-2H3,(H2,16,21)(H,19,22)(H2,17,18,20);1H. The van der Waals surface area contributed by atoms with Gasteiger partial charge in [-0.2, -0.15) is 11.8 Å². The minimum Gasteiger partial charge on any atom is -0.368 e. The van der Waals surface area contributed by atoms with Crippen molar-refractivity contribution in [1.82, 2.24) is 16.0 Å². The van der Waals surface area contributed by atoms with E-state index in [0.717, 1.165) is 23.8 Å². The molecule has 9 heteroatoms. The molecule has 0 aromatic heterocycles. The van der Waals surface area contributed by atoms with E-state index >= 15 is 0 Å². The number of amides is 2. The largest absolute Gasteiger partial charge is 0.368 e. The first-order chi connectivity index (χ1) is 11.1. The average Bonchev–Trinajstić information content (AvgIpc) is 2.56. The Bertz CT molecular complexity index is 551. The fraction of sp³-hybridized carbons (Fsp3) is 0.400. The first kappa shape index (κ1) is 22.5. The number of rotatable bonds is 8. The normalized spacial score (nSPS) is 10.5. The number of nitrogens with two attached hydrogens (primary N) is 1. The zero-order valence-corrected chi connectivity index (χ0v) is 16.9. The van der Waals surface area contributed by atoms with Crippen LogP contribution in [0, 0.1) is 0 Å². The number of thioether (sulfide) groups is 1. The van der Waals surface area contributed by atoms with Gasteiger partial charge in [0, 0.05) is 31.5 Å². The molecule has 0 bridgehead atoms. The number of primary amides is 1. The third-order valence-electron chi connectivity index (χ3n) is 2.92. The first-order valence-corrected chi connectivity index (χ1v) is 8.55. The van der Waals surface area contributed by atoms with Crippen molar-refractivity contribution in [1.29, 1.82) is 0 Å². The molecule has 5 N–H and O–H groups in total. The molecule has 1 aromatic carbocycles. The fourth-order valence-electron chi connectivity index (χ4n) is 1.72. The van der Waals surface area contributed by atoms with Gasteiger partial charge in [0.25, 0.3) is 5.91 Å². The molecule has 0 aliphatic carbocycles. The average molecular weight is 465 g/mol. The number of hydrogen-bond acceptors (Lipinski definition) is 4. The number of aliphatic imine (C=N–C) groups is 1. The predicted octanol–water partition coefficient (Wildman–Crippen LogP) is 0.548. The van der Waals surface area contributed by atoms with Crippen molar-refractivity contribution in [2.75, 3.05) is 32.1 Å². The van der Waals surface area contributed by atoms with Crippen LogP contribution in [0.2, 0.25) is 0 Å². The van der Waals surface area contributed by atoms with E-state index in [4.69, 9.17) is 5.73 Å². The summed E-state index contributed by atoms with van der Waals surface area (Å²) < 4.78 is 0. The number of halogens is 1. The lowest BCUT2D eigenvalue weighted by molar-refractivity contribution is -0.117. The number of hydrogen-bond donors (Lipinski definition) is 4. The summed E-state index contributed by atoms with van der Waals surface area (Å²) in [6, 6.07) is 7.11.